The quantitative estimate of drug-likeness (QED) is 0.766. The predicted octanol–water partition coefficient (Wildman–Crippen LogP) is 1.45. The van der Waals surface area contributed by atoms with Crippen LogP contribution in [0.2, 0.25) is 0 Å². The Morgan fingerprint density at radius 1 is 1.44 bits per heavy atom. The van der Waals surface area contributed by atoms with Crippen molar-refractivity contribution in [3.8, 4) is 0 Å². The van der Waals surface area contributed by atoms with Gasteiger partial charge in [-0.3, -0.25) is 4.90 Å². The third-order valence-corrected chi connectivity index (χ3v) is 4.02. The van der Waals surface area contributed by atoms with Gasteiger partial charge in [0.25, 0.3) is 0 Å². The lowest BCUT2D eigenvalue weighted by Gasteiger charge is -2.31. The third-order valence-electron chi connectivity index (χ3n) is 4.02. The highest BCUT2D eigenvalue weighted by Crippen LogP contribution is 2.25. The molecule has 0 aliphatic carbocycles. The number of hydrogen-bond acceptors (Lipinski definition) is 3. The summed E-state index contributed by atoms with van der Waals surface area (Å²) in [5.41, 5.74) is 6.34. The lowest BCUT2D eigenvalue weighted by Crippen LogP contribution is -2.41. The Kier molecular flexibility index (Phi) is 4.77. The zero-order valence-corrected chi connectivity index (χ0v) is 11.2. The van der Waals surface area contributed by atoms with Gasteiger partial charge in [-0.1, -0.05) is 27.7 Å². The Bertz CT molecular complexity index is 212. The lowest BCUT2D eigenvalue weighted by atomic mass is 9.85. The molecule has 3 N–H and O–H groups in total. The van der Waals surface area contributed by atoms with Gasteiger partial charge in [0, 0.05) is 18.6 Å². The topological polar surface area (TPSA) is 49.5 Å². The van der Waals surface area contributed by atoms with Gasteiger partial charge in [-0.15, -0.1) is 0 Å². The zero-order valence-electron chi connectivity index (χ0n) is 11.2. The third kappa shape index (κ3) is 3.44. The monoisotopic (exact) mass is 228 g/mol. The highest BCUT2D eigenvalue weighted by atomic mass is 16.3. The summed E-state index contributed by atoms with van der Waals surface area (Å²) >= 11 is 0. The number of rotatable bonds is 4. The van der Waals surface area contributed by atoms with Crippen molar-refractivity contribution in [1.29, 1.82) is 0 Å². The molecule has 1 heterocycles. The van der Waals surface area contributed by atoms with Crippen LogP contribution in [0.5, 0.6) is 0 Å². The van der Waals surface area contributed by atoms with Gasteiger partial charge in [-0.05, 0) is 30.7 Å². The first-order valence-corrected chi connectivity index (χ1v) is 6.46. The Morgan fingerprint density at radius 3 is 2.56 bits per heavy atom. The van der Waals surface area contributed by atoms with Crippen LogP contribution in [0.4, 0.5) is 0 Å². The van der Waals surface area contributed by atoms with E-state index in [-0.39, 0.29) is 18.1 Å². The second-order valence-corrected chi connectivity index (χ2v) is 6.31. The lowest BCUT2D eigenvalue weighted by molar-refractivity contribution is 0.131. The molecule has 0 aromatic rings. The molecule has 16 heavy (non-hydrogen) atoms. The van der Waals surface area contributed by atoms with Crippen molar-refractivity contribution in [2.24, 2.45) is 17.1 Å². The first kappa shape index (κ1) is 13.9. The van der Waals surface area contributed by atoms with E-state index in [0.29, 0.717) is 12.0 Å². The van der Waals surface area contributed by atoms with Crippen LogP contribution < -0.4 is 5.73 Å². The summed E-state index contributed by atoms with van der Waals surface area (Å²) in [4.78, 5) is 2.40. The molecule has 1 rings (SSSR count). The average Bonchev–Trinajstić information content (AvgIpc) is 2.54. The molecule has 0 saturated carbocycles. The average molecular weight is 228 g/mol. The number of nitrogens with zero attached hydrogens (tertiary/aromatic N) is 1. The molecular formula is C13H28N2O. The van der Waals surface area contributed by atoms with Crippen LogP contribution in [0.15, 0.2) is 0 Å². The Morgan fingerprint density at radius 2 is 2.06 bits per heavy atom. The fourth-order valence-corrected chi connectivity index (χ4v) is 2.40. The molecular weight excluding hydrogens is 200 g/mol. The highest BCUT2D eigenvalue weighted by Gasteiger charge is 2.31. The number of likely N-dealkylation sites (tertiary alicyclic amines) is 1. The van der Waals surface area contributed by atoms with Crippen LogP contribution in [0.25, 0.3) is 0 Å². The van der Waals surface area contributed by atoms with E-state index in [2.05, 4.69) is 32.6 Å². The van der Waals surface area contributed by atoms with Crippen LogP contribution in [0.3, 0.4) is 0 Å². The molecule has 0 aromatic carbocycles. The van der Waals surface area contributed by atoms with Crippen molar-refractivity contribution in [3.05, 3.63) is 0 Å². The van der Waals surface area contributed by atoms with E-state index in [4.69, 9.17) is 5.73 Å². The zero-order chi connectivity index (χ0) is 12.3. The van der Waals surface area contributed by atoms with Crippen molar-refractivity contribution in [1.82, 2.24) is 4.90 Å². The van der Waals surface area contributed by atoms with Crippen LogP contribution in [0.1, 0.15) is 40.5 Å². The van der Waals surface area contributed by atoms with Gasteiger partial charge < -0.3 is 10.8 Å². The molecule has 0 radical (unpaired) electrons. The number of hydrogen-bond donors (Lipinski definition) is 2. The van der Waals surface area contributed by atoms with Gasteiger partial charge >= 0.3 is 0 Å². The van der Waals surface area contributed by atoms with E-state index in [0.717, 1.165) is 19.5 Å². The van der Waals surface area contributed by atoms with Crippen LogP contribution >= 0.6 is 0 Å². The van der Waals surface area contributed by atoms with Crippen molar-refractivity contribution in [2.75, 3.05) is 19.7 Å². The van der Waals surface area contributed by atoms with E-state index in [1.807, 2.05) is 0 Å². The molecule has 0 amide bonds. The van der Waals surface area contributed by atoms with Gasteiger partial charge in [0.05, 0.1) is 6.61 Å². The summed E-state index contributed by atoms with van der Waals surface area (Å²) in [5, 5.41) is 9.36. The van der Waals surface area contributed by atoms with E-state index < -0.39 is 0 Å². The Labute approximate surface area is 100 Å². The Balaban J connectivity index is 2.38. The van der Waals surface area contributed by atoms with Crippen molar-refractivity contribution < 1.29 is 5.11 Å². The molecule has 1 aliphatic heterocycles. The van der Waals surface area contributed by atoms with Crippen LogP contribution in [-0.2, 0) is 0 Å². The summed E-state index contributed by atoms with van der Waals surface area (Å²) in [6.07, 6.45) is 2.22. The minimum absolute atomic E-state index is 0.181. The van der Waals surface area contributed by atoms with Gasteiger partial charge in [0.1, 0.15) is 0 Å². The second kappa shape index (κ2) is 5.48. The number of nitrogens with two attached hydrogens (primary N) is 1. The molecule has 3 atom stereocenters. The normalized spacial score (nSPS) is 29.6. The van der Waals surface area contributed by atoms with Crippen molar-refractivity contribution in [2.45, 2.75) is 52.6 Å². The summed E-state index contributed by atoms with van der Waals surface area (Å²) in [6, 6.07) is 0.593. The smallest absolute Gasteiger partial charge is 0.0589 e. The van der Waals surface area contributed by atoms with Gasteiger partial charge in [-0.2, -0.15) is 0 Å². The minimum atomic E-state index is 0.181. The first-order chi connectivity index (χ1) is 7.36. The van der Waals surface area contributed by atoms with E-state index in [1.54, 1.807) is 0 Å². The highest BCUT2D eigenvalue weighted by molar-refractivity contribution is 4.86. The first-order valence-electron chi connectivity index (χ1n) is 6.46. The molecule has 96 valence electrons. The SMILES string of the molecule is CC1CCN(CCC(N)C(C)(C)C)C1CO. The summed E-state index contributed by atoms with van der Waals surface area (Å²) < 4.78 is 0. The standard InChI is InChI=1S/C13H28N2O/c1-10-5-7-15(11(10)9-16)8-6-12(14)13(2,3)4/h10-12,16H,5-9,14H2,1-4H3. The molecule has 3 nitrogen and oxygen atoms in total. The maximum atomic E-state index is 9.36. The minimum Gasteiger partial charge on any atom is -0.395 e. The summed E-state index contributed by atoms with van der Waals surface area (Å²) in [6.45, 7) is 11.2. The second-order valence-electron chi connectivity index (χ2n) is 6.31. The van der Waals surface area contributed by atoms with Gasteiger partial charge in [-0.25, -0.2) is 0 Å². The molecule has 1 aliphatic rings. The van der Waals surface area contributed by atoms with Crippen LogP contribution in [0, 0.1) is 11.3 Å². The molecule has 3 heteroatoms. The predicted molar refractivity (Wildman–Crippen MR) is 68.3 cm³/mol. The summed E-state index contributed by atoms with van der Waals surface area (Å²) in [5.74, 6) is 0.621. The molecule has 1 saturated heterocycles. The van der Waals surface area contributed by atoms with E-state index >= 15 is 0 Å². The molecule has 0 spiro atoms. The van der Waals surface area contributed by atoms with Gasteiger partial charge in [0.2, 0.25) is 0 Å². The fraction of sp³-hybridized carbons (Fsp3) is 1.00. The molecule has 3 unspecified atom stereocenters. The van der Waals surface area contributed by atoms with Crippen molar-refractivity contribution in [3.63, 3.8) is 0 Å². The van der Waals surface area contributed by atoms with E-state index in [1.165, 1.54) is 6.42 Å². The molecule has 0 bridgehead atoms. The van der Waals surface area contributed by atoms with Crippen molar-refractivity contribution >= 4 is 0 Å². The van der Waals surface area contributed by atoms with Gasteiger partial charge in [0.15, 0.2) is 0 Å². The number of aliphatic hydroxyl groups excluding tert-OH is 1. The summed E-state index contributed by atoms with van der Waals surface area (Å²) in [7, 11) is 0. The van der Waals surface area contributed by atoms with E-state index in [9.17, 15) is 5.11 Å². The fourth-order valence-electron chi connectivity index (χ4n) is 2.40. The number of aliphatic hydroxyl groups is 1. The Hall–Kier alpha value is -0.120. The molecule has 0 aromatic heterocycles. The maximum Gasteiger partial charge on any atom is 0.0589 e. The maximum absolute atomic E-state index is 9.36. The molecule has 1 fully saturated rings. The largest absolute Gasteiger partial charge is 0.395 e. The van der Waals surface area contributed by atoms with Crippen LogP contribution in [-0.4, -0.2) is 41.8 Å².